The van der Waals surface area contributed by atoms with Crippen LogP contribution in [0.2, 0.25) is 0 Å². The highest BCUT2D eigenvalue weighted by molar-refractivity contribution is 5.97. The molecule has 2 saturated heterocycles. The van der Waals surface area contributed by atoms with Gasteiger partial charge in [0.2, 0.25) is 11.8 Å². The van der Waals surface area contributed by atoms with Gasteiger partial charge < -0.3 is 10.2 Å². The highest BCUT2D eigenvalue weighted by Gasteiger charge is 2.43. The Morgan fingerprint density at radius 1 is 1.28 bits per heavy atom. The van der Waals surface area contributed by atoms with Gasteiger partial charge in [-0.25, -0.2) is 0 Å². The van der Waals surface area contributed by atoms with E-state index in [0.717, 1.165) is 19.0 Å². The number of hydrogen-bond acceptors (Lipinski definition) is 3. The summed E-state index contributed by atoms with van der Waals surface area (Å²) in [5.41, 5.74) is 0. The third kappa shape index (κ3) is 2.11. The molecule has 0 aromatic rings. The highest BCUT2D eigenvalue weighted by Crippen LogP contribution is 2.30. The van der Waals surface area contributed by atoms with Gasteiger partial charge in [-0.15, -0.1) is 0 Å². The van der Waals surface area contributed by atoms with Crippen molar-refractivity contribution in [2.24, 2.45) is 5.92 Å². The van der Waals surface area contributed by atoms with E-state index in [4.69, 9.17) is 0 Å². The zero-order valence-electron chi connectivity index (χ0n) is 10.9. The molecule has 5 heteroatoms. The molecule has 0 radical (unpaired) electrons. The number of hydrogen-bond donors (Lipinski definition) is 1. The first-order valence-electron chi connectivity index (χ1n) is 7.02. The maximum Gasteiger partial charge on any atom is 0.245 e. The Morgan fingerprint density at radius 3 is 2.72 bits per heavy atom. The first-order valence-corrected chi connectivity index (χ1v) is 7.02. The fraction of sp³-hybridized carbons (Fsp3) is 0.846. The van der Waals surface area contributed by atoms with Crippen molar-refractivity contribution in [2.45, 2.75) is 38.3 Å². The Labute approximate surface area is 107 Å². The second-order valence-electron chi connectivity index (χ2n) is 5.72. The summed E-state index contributed by atoms with van der Waals surface area (Å²) < 4.78 is 0. The van der Waals surface area contributed by atoms with Crippen molar-refractivity contribution in [1.29, 1.82) is 0 Å². The number of piperazine rings is 2. The monoisotopic (exact) mass is 251 g/mol. The molecule has 2 amide bonds. The maximum atomic E-state index is 12.2. The number of fused-ring (bicyclic) bond motifs is 1. The van der Waals surface area contributed by atoms with Crippen LogP contribution in [0.1, 0.15) is 26.2 Å². The number of carbonyl (C=O) groups excluding carboxylic acids is 2. The third-order valence-corrected chi connectivity index (χ3v) is 4.29. The molecule has 1 saturated carbocycles. The van der Waals surface area contributed by atoms with Crippen molar-refractivity contribution >= 4 is 11.8 Å². The maximum absolute atomic E-state index is 12.2. The number of nitrogens with zero attached hydrogens (tertiary/aromatic N) is 2. The Bertz CT molecular complexity index is 367. The van der Waals surface area contributed by atoms with Crippen LogP contribution in [0, 0.1) is 5.92 Å². The average molecular weight is 251 g/mol. The van der Waals surface area contributed by atoms with Gasteiger partial charge in [0.05, 0.1) is 0 Å². The molecule has 100 valence electrons. The van der Waals surface area contributed by atoms with E-state index in [1.165, 1.54) is 12.8 Å². The Balaban J connectivity index is 1.67. The van der Waals surface area contributed by atoms with Crippen LogP contribution < -0.4 is 5.32 Å². The molecule has 5 nitrogen and oxygen atoms in total. The quantitative estimate of drug-likeness (QED) is 0.757. The fourth-order valence-electron chi connectivity index (χ4n) is 2.97. The summed E-state index contributed by atoms with van der Waals surface area (Å²) in [5.74, 6) is 0.970. The smallest absolute Gasteiger partial charge is 0.245 e. The molecule has 0 unspecified atom stereocenters. The minimum atomic E-state index is -0.302. The number of nitrogens with one attached hydrogen (secondary N) is 1. The molecule has 0 bridgehead atoms. The molecule has 0 spiro atoms. The summed E-state index contributed by atoms with van der Waals surface area (Å²) in [6.45, 7) is 5.38. The van der Waals surface area contributed by atoms with E-state index in [9.17, 15) is 9.59 Å². The van der Waals surface area contributed by atoms with Crippen molar-refractivity contribution in [3.05, 3.63) is 0 Å². The summed E-state index contributed by atoms with van der Waals surface area (Å²) in [4.78, 5) is 28.4. The fourth-order valence-corrected chi connectivity index (χ4v) is 2.97. The molecular formula is C13H21N3O2. The van der Waals surface area contributed by atoms with Crippen LogP contribution in [0.15, 0.2) is 0 Å². The predicted octanol–water partition coefficient (Wildman–Crippen LogP) is -0.182. The molecule has 2 aliphatic heterocycles. The normalized spacial score (nSPS) is 33.3. The standard InChI is InChI=1S/C13H21N3O2/c1-2-10-13(18)16-6-5-15(7-9-3-4-9)8-11(16)12(17)14-10/h9-11H,2-8H2,1H3,(H,14,17)/t10-,11+/m0/s1. The molecule has 2 heterocycles. The lowest BCUT2D eigenvalue weighted by molar-refractivity contribution is -0.153. The molecule has 0 aromatic carbocycles. The lowest BCUT2D eigenvalue weighted by Crippen LogP contribution is -2.69. The van der Waals surface area contributed by atoms with Gasteiger partial charge in [0, 0.05) is 26.2 Å². The Morgan fingerprint density at radius 2 is 2.06 bits per heavy atom. The van der Waals surface area contributed by atoms with Crippen LogP contribution >= 0.6 is 0 Å². The van der Waals surface area contributed by atoms with E-state index < -0.39 is 0 Å². The van der Waals surface area contributed by atoms with Crippen molar-refractivity contribution in [2.75, 3.05) is 26.2 Å². The van der Waals surface area contributed by atoms with Gasteiger partial charge in [-0.05, 0) is 25.2 Å². The van der Waals surface area contributed by atoms with Crippen LogP contribution in [0.4, 0.5) is 0 Å². The van der Waals surface area contributed by atoms with Gasteiger partial charge in [0.1, 0.15) is 12.1 Å². The molecule has 3 fully saturated rings. The van der Waals surface area contributed by atoms with E-state index in [-0.39, 0.29) is 23.9 Å². The second kappa shape index (κ2) is 4.53. The zero-order valence-corrected chi connectivity index (χ0v) is 10.9. The molecule has 0 aromatic heterocycles. The van der Waals surface area contributed by atoms with E-state index in [1.54, 1.807) is 4.90 Å². The third-order valence-electron chi connectivity index (χ3n) is 4.29. The van der Waals surface area contributed by atoms with E-state index in [0.29, 0.717) is 19.5 Å². The van der Waals surface area contributed by atoms with Gasteiger partial charge in [0.15, 0.2) is 0 Å². The number of rotatable bonds is 3. The molecule has 3 rings (SSSR count). The van der Waals surface area contributed by atoms with Gasteiger partial charge in [0.25, 0.3) is 0 Å². The highest BCUT2D eigenvalue weighted by atomic mass is 16.2. The van der Waals surface area contributed by atoms with Gasteiger partial charge >= 0.3 is 0 Å². The van der Waals surface area contributed by atoms with E-state index in [2.05, 4.69) is 10.2 Å². The average Bonchev–Trinajstić information content (AvgIpc) is 3.17. The molecule has 1 aliphatic carbocycles. The summed E-state index contributed by atoms with van der Waals surface area (Å²) in [6, 6.07) is -0.559. The van der Waals surface area contributed by atoms with Gasteiger partial charge in [-0.1, -0.05) is 6.92 Å². The molecule has 18 heavy (non-hydrogen) atoms. The minimum Gasteiger partial charge on any atom is -0.342 e. The van der Waals surface area contributed by atoms with E-state index >= 15 is 0 Å². The summed E-state index contributed by atoms with van der Waals surface area (Å²) in [6.07, 6.45) is 3.33. The predicted molar refractivity (Wildman–Crippen MR) is 66.9 cm³/mol. The summed E-state index contributed by atoms with van der Waals surface area (Å²) >= 11 is 0. The Hall–Kier alpha value is -1.10. The first-order chi connectivity index (χ1) is 8.69. The van der Waals surface area contributed by atoms with Crippen molar-refractivity contribution < 1.29 is 9.59 Å². The summed E-state index contributed by atoms with van der Waals surface area (Å²) in [5, 5.41) is 2.85. The van der Waals surface area contributed by atoms with Gasteiger partial charge in [-0.3, -0.25) is 14.5 Å². The molecular weight excluding hydrogens is 230 g/mol. The Kier molecular flexibility index (Phi) is 3.01. The topological polar surface area (TPSA) is 52.7 Å². The largest absolute Gasteiger partial charge is 0.342 e. The first kappa shape index (κ1) is 12.0. The van der Waals surface area contributed by atoms with Crippen LogP contribution in [0.3, 0.4) is 0 Å². The lowest BCUT2D eigenvalue weighted by Gasteiger charge is -2.45. The lowest BCUT2D eigenvalue weighted by atomic mass is 10.0. The molecule has 1 N–H and O–H groups in total. The van der Waals surface area contributed by atoms with Crippen LogP contribution in [-0.2, 0) is 9.59 Å². The SMILES string of the molecule is CC[C@@H]1NC(=O)[C@H]2CN(CC3CC3)CCN2C1=O. The summed E-state index contributed by atoms with van der Waals surface area (Å²) in [7, 11) is 0. The number of amides is 2. The van der Waals surface area contributed by atoms with E-state index in [1.807, 2.05) is 6.92 Å². The van der Waals surface area contributed by atoms with Crippen LogP contribution in [0.25, 0.3) is 0 Å². The second-order valence-corrected chi connectivity index (χ2v) is 5.72. The van der Waals surface area contributed by atoms with Crippen molar-refractivity contribution in [3.63, 3.8) is 0 Å². The molecule has 3 aliphatic rings. The zero-order chi connectivity index (χ0) is 12.7. The number of carbonyl (C=O) groups is 2. The van der Waals surface area contributed by atoms with Crippen molar-refractivity contribution in [1.82, 2.24) is 15.1 Å². The van der Waals surface area contributed by atoms with Crippen LogP contribution in [-0.4, -0.2) is 59.9 Å². The molecule has 2 atom stereocenters. The minimum absolute atomic E-state index is 0.0296. The van der Waals surface area contributed by atoms with Crippen LogP contribution in [0.5, 0.6) is 0 Å². The van der Waals surface area contributed by atoms with Crippen molar-refractivity contribution in [3.8, 4) is 0 Å². The van der Waals surface area contributed by atoms with Gasteiger partial charge in [-0.2, -0.15) is 0 Å².